The van der Waals surface area contributed by atoms with Gasteiger partial charge in [-0.15, -0.1) is 0 Å². The molecule has 0 fully saturated rings. The third-order valence-corrected chi connectivity index (χ3v) is 3.36. The lowest BCUT2D eigenvalue weighted by atomic mass is 10.1. The molecule has 8 nitrogen and oxygen atoms in total. The molecule has 0 unspecified atom stereocenters. The average molecular weight is 312 g/mol. The summed E-state index contributed by atoms with van der Waals surface area (Å²) in [6, 6.07) is 0.221. The lowest BCUT2D eigenvalue weighted by molar-refractivity contribution is 0.295. The predicted molar refractivity (Wildman–Crippen MR) is 78.6 cm³/mol. The first kappa shape index (κ1) is 15.6. The molecule has 0 aliphatic carbocycles. The van der Waals surface area contributed by atoms with E-state index in [1.54, 1.807) is 0 Å². The summed E-state index contributed by atoms with van der Waals surface area (Å²) >= 11 is 5.99. The van der Waals surface area contributed by atoms with Gasteiger partial charge < -0.3 is 10.0 Å². The zero-order chi connectivity index (χ0) is 15.2. The Hall–Kier alpha value is -1.80. The van der Waals surface area contributed by atoms with E-state index in [0.29, 0.717) is 18.4 Å². The summed E-state index contributed by atoms with van der Waals surface area (Å²) in [6.07, 6.45) is 4.71. The molecule has 0 saturated heterocycles. The second-order valence-corrected chi connectivity index (χ2v) is 4.77. The Morgan fingerprint density at radius 3 is 2.62 bits per heavy atom. The van der Waals surface area contributed by atoms with Gasteiger partial charge in [0.1, 0.15) is 12.7 Å². The second kappa shape index (κ2) is 7.28. The minimum absolute atomic E-state index is 0.0124. The molecule has 1 N–H and O–H groups in total. The number of anilines is 1. The molecule has 9 heteroatoms. The highest BCUT2D eigenvalue weighted by molar-refractivity contribution is 6.28. The van der Waals surface area contributed by atoms with Crippen LogP contribution in [-0.2, 0) is 0 Å². The van der Waals surface area contributed by atoms with E-state index in [0.717, 1.165) is 12.8 Å². The van der Waals surface area contributed by atoms with Gasteiger partial charge >= 0.3 is 0 Å². The van der Waals surface area contributed by atoms with Gasteiger partial charge in [-0.05, 0) is 24.4 Å². The van der Waals surface area contributed by atoms with Crippen molar-refractivity contribution in [3.63, 3.8) is 0 Å². The van der Waals surface area contributed by atoms with Crippen molar-refractivity contribution in [1.82, 2.24) is 29.7 Å². The maximum atomic E-state index is 9.29. The first-order valence-corrected chi connectivity index (χ1v) is 7.21. The Balaban J connectivity index is 2.40. The molecule has 0 aromatic carbocycles. The van der Waals surface area contributed by atoms with Crippen molar-refractivity contribution in [2.24, 2.45) is 0 Å². The van der Waals surface area contributed by atoms with Crippen molar-refractivity contribution in [2.45, 2.75) is 32.7 Å². The van der Waals surface area contributed by atoms with E-state index in [1.165, 1.54) is 17.3 Å². The molecule has 0 spiro atoms. The molecule has 2 aromatic heterocycles. The zero-order valence-electron chi connectivity index (χ0n) is 12.0. The van der Waals surface area contributed by atoms with Gasteiger partial charge in [0.15, 0.2) is 0 Å². The van der Waals surface area contributed by atoms with E-state index in [2.05, 4.69) is 38.9 Å². The minimum atomic E-state index is 0.0124. The van der Waals surface area contributed by atoms with Crippen molar-refractivity contribution in [2.75, 3.05) is 18.1 Å². The average Bonchev–Trinajstić information content (AvgIpc) is 3.01. The first-order valence-electron chi connectivity index (χ1n) is 6.83. The molecule has 0 aliphatic heterocycles. The number of aliphatic hydroxyl groups is 1. The fourth-order valence-electron chi connectivity index (χ4n) is 2.15. The Bertz CT molecular complexity index is 559. The standard InChI is InChI=1S/C12H18ClN7O/c1-3-9(4-2)19(5-6-21)11-16-10(13)17-12(18-11)20-8-14-7-15-20/h7-9,21H,3-6H2,1-2H3. The van der Waals surface area contributed by atoms with Crippen molar-refractivity contribution in [1.29, 1.82) is 0 Å². The second-order valence-electron chi connectivity index (χ2n) is 4.43. The van der Waals surface area contributed by atoms with Crippen LogP contribution >= 0.6 is 11.6 Å². The Morgan fingerprint density at radius 2 is 2.05 bits per heavy atom. The lowest BCUT2D eigenvalue weighted by Gasteiger charge is -2.29. The number of hydrogen-bond donors (Lipinski definition) is 1. The third kappa shape index (κ3) is 3.64. The molecule has 2 rings (SSSR count). The van der Waals surface area contributed by atoms with Crippen LogP contribution in [0.3, 0.4) is 0 Å². The van der Waals surface area contributed by atoms with Crippen LogP contribution in [0.4, 0.5) is 5.95 Å². The number of halogens is 1. The van der Waals surface area contributed by atoms with Crippen molar-refractivity contribution in [3.8, 4) is 5.95 Å². The summed E-state index contributed by atoms with van der Waals surface area (Å²) in [7, 11) is 0. The maximum Gasteiger partial charge on any atom is 0.258 e. The smallest absolute Gasteiger partial charge is 0.258 e. The summed E-state index contributed by atoms with van der Waals surface area (Å²) in [5.41, 5.74) is 0. The molecule has 0 aliphatic rings. The van der Waals surface area contributed by atoms with Gasteiger partial charge in [-0.3, -0.25) is 0 Å². The fraction of sp³-hybridized carbons (Fsp3) is 0.583. The highest BCUT2D eigenvalue weighted by Gasteiger charge is 2.20. The molecule has 0 saturated carbocycles. The SMILES string of the molecule is CCC(CC)N(CCO)c1nc(Cl)nc(-n2cncn2)n1. The van der Waals surface area contributed by atoms with Gasteiger partial charge in [-0.1, -0.05) is 13.8 Å². The Labute approximate surface area is 127 Å². The Kier molecular flexibility index (Phi) is 5.40. The van der Waals surface area contributed by atoms with Gasteiger partial charge in [-0.2, -0.15) is 24.7 Å². The minimum Gasteiger partial charge on any atom is -0.395 e. The van der Waals surface area contributed by atoms with E-state index in [4.69, 9.17) is 11.6 Å². The van der Waals surface area contributed by atoms with Gasteiger partial charge in [0, 0.05) is 12.6 Å². The van der Waals surface area contributed by atoms with Crippen molar-refractivity contribution < 1.29 is 5.11 Å². The van der Waals surface area contributed by atoms with Crippen LogP contribution in [0, 0.1) is 0 Å². The molecule has 21 heavy (non-hydrogen) atoms. The first-order chi connectivity index (χ1) is 10.2. The quantitative estimate of drug-likeness (QED) is 0.818. The largest absolute Gasteiger partial charge is 0.395 e. The zero-order valence-corrected chi connectivity index (χ0v) is 12.8. The van der Waals surface area contributed by atoms with Crippen LogP contribution < -0.4 is 4.90 Å². The normalized spacial score (nSPS) is 11.1. The van der Waals surface area contributed by atoms with E-state index in [-0.39, 0.29) is 17.9 Å². The molecule has 114 valence electrons. The Morgan fingerprint density at radius 1 is 1.29 bits per heavy atom. The van der Waals surface area contributed by atoms with E-state index in [1.807, 2.05) is 4.90 Å². The molecule has 0 atom stereocenters. The highest BCUT2D eigenvalue weighted by Crippen LogP contribution is 2.18. The van der Waals surface area contributed by atoms with Crippen LogP contribution in [0.1, 0.15) is 26.7 Å². The molecule has 0 amide bonds. The summed E-state index contributed by atoms with van der Waals surface area (Å²) in [4.78, 5) is 18.4. The van der Waals surface area contributed by atoms with Crippen molar-refractivity contribution in [3.05, 3.63) is 17.9 Å². The maximum absolute atomic E-state index is 9.29. The number of nitrogens with zero attached hydrogens (tertiary/aromatic N) is 7. The molecule has 0 bridgehead atoms. The lowest BCUT2D eigenvalue weighted by Crippen LogP contribution is -2.38. The van der Waals surface area contributed by atoms with Gasteiger partial charge in [0.25, 0.3) is 5.95 Å². The van der Waals surface area contributed by atoms with E-state index < -0.39 is 0 Å². The number of aromatic nitrogens is 6. The van der Waals surface area contributed by atoms with Gasteiger partial charge in [0.05, 0.1) is 6.61 Å². The van der Waals surface area contributed by atoms with Crippen LogP contribution in [0.25, 0.3) is 5.95 Å². The topological polar surface area (TPSA) is 92.8 Å². The summed E-state index contributed by atoms with van der Waals surface area (Å²) in [5.74, 6) is 0.736. The molecular weight excluding hydrogens is 294 g/mol. The molecule has 2 heterocycles. The summed E-state index contributed by atoms with van der Waals surface area (Å²) in [6.45, 7) is 4.61. The van der Waals surface area contributed by atoms with Crippen LogP contribution in [0.5, 0.6) is 0 Å². The monoisotopic (exact) mass is 311 g/mol. The number of hydrogen-bond acceptors (Lipinski definition) is 7. The van der Waals surface area contributed by atoms with Crippen LogP contribution in [-0.4, -0.2) is 54.0 Å². The predicted octanol–water partition coefficient (Wildman–Crippen LogP) is 1.09. The van der Waals surface area contributed by atoms with E-state index in [9.17, 15) is 5.11 Å². The van der Waals surface area contributed by atoms with Crippen LogP contribution in [0.15, 0.2) is 12.7 Å². The number of rotatable bonds is 7. The van der Waals surface area contributed by atoms with Gasteiger partial charge in [-0.25, -0.2) is 4.98 Å². The fourth-order valence-corrected chi connectivity index (χ4v) is 2.31. The van der Waals surface area contributed by atoms with Gasteiger partial charge in [0.2, 0.25) is 11.2 Å². The summed E-state index contributed by atoms with van der Waals surface area (Å²) in [5, 5.41) is 13.4. The molecular formula is C12H18ClN7O. The summed E-state index contributed by atoms with van der Waals surface area (Å²) < 4.78 is 1.42. The van der Waals surface area contributed by atoms with E-state index >= 15 is 0 Å². The molecule has 2 aromatic rings. The molecule has 0 radical (unpaired) electrons. The van der Waals surface area contributed by atoms with Crippen molar-refractivity contribution >= 4 is 17.5 Å². The third-order valence-electron chi connectivity index (χ3n) is 3.19. The van der Waals surface area contributed by atoms with Crippen LogP contribution in [0.2, 0.25) is 5.28 Å². The highest BCUT2D eigenvalue weighted by atomic mass is 35.5. The number of aliphatic hydroxyl groups excluding tert-OH is 1.